The maximum absolute atomic E-state index is 12.2. The minimum absolute atomic E-state index is 0. The molecule has 8 heteroatoms. The first-order chi connectivity index (χ1) is 8.79. The van der Waals surface area contributed by atoms with Gasteiger partial charge in [0.15, 0.2) is 5.25 Å². The van der Waals surface area contributed by atoms with E-state index in [-0.39, 0.29) is 24.4 Å². The van der Waals surface area contributed by atoms with Gasteiger partial charge in [0.25, 0.3) is 0 Å². The first kappa shape index (κ1) is 19.6. The summed E-state index contributed by atoms with van der Waals surface area (Å²) in [6.07, 6.45) is 3.83. The van der Waals surface area contributed by atoms with Crippen LogP contribution in [0, 0.1) is 5.92 Å². The molecule has 0 saturated heterocycles. The smallest absolute Gasteiger partial charge is 0.241 e. The van der Waals surface area contributed by atoms with Crippen LogP contribution in [0.4, 0.5) is 0 Å². The second kappa shape index (κ2) is 8.17. The van der Waals surface area contributed by atoms with Crippen LogP contribution in [0.3, 0.4) is 0 Å². The third-order valence-corrected chi connectivity index (χ3v) is 5.55. The fraction of sp³-hybridized carbons (Fsp3) is 0.917. The molecule has 0 heterocycles. The van der Waals surface area contributed by atoms with Gasteiger partial charge in [-0.2, -0.15) is 0 Å². The van der Waals surface area contributed by atoms with Crippen molar-refractivity contribution < 1.29 is 13.2 Å². The first-order valence-corrected chi connectivity index (χ1v) is 8.26. The molecule has 0 aromatic heterocycles. The Labute approximate surface area is 127 Å². The van der Waals surface area contributed by atoms with Crippen molar-refractivity contribution in [2.45, 2.75) is 43.9 Å². The minimum atomic E-state index is -3.64. The van der Waals surface area contributed by atoms with Gasteiger partial charge in [0.2, 0.25) is 15.9 Å². The number of nitrogens with one attached hydrogen (secondary N) is 1. The van der Waals surface area contributed by atoms with Crippen molar-refractivity contribution in [3.05, 3.63) is 0 Å². The van der Waals surface area contributed by atoms with Crippen LogP contribution in [0.2, 0.25) is 0 Å². The molecule has 1 aliphatic carbocycles. The van der Waals surface area contributed by atoms with Crippen LogP contribution in [0.15, 0.2) is 0 Å². The summed E-state index contributed by atoms with van der Waals surface area (Å²) >= 11 is 0. The van der Waals surface area contributed by atoms with Crippen LogP contribution >= 0.6 is 12.4 Å². The highest BCUT2D eigenvalue weighted by Gasteiger charge is 2.34. The topological polar surface area (TPSA) is 92.5 Å². The van der Waals surface area contributed by atoms with Crippen LogP contribution < -0.4 is 10.5 Å². The number of sulfonamides is 1. The van der Waals surface area contributed by atoms with Gasteiger partial charge in [-0.15, -0.1) is 12.4 Å². The summed E-state index contributed by atoms with van der Waals surface area (Å²) in [6, 6.07) is -0.138. The summed E-state index contributed by atoms with van der Waals surface area (Å²) in [5.41, 5.74) is 5.69. The third kappa shape index (κ3) is 4.87. The summed E-state index contributed by atoms with van der Waals surface area (Å²) < 4.78 is 27.1. The third-order valence-electron chi connectivity index (χ3n) is 3.78. The van der Waals surface area contributed by atoms with E-state index in [2.05, 4.69) is 4.72 Å². The average Bonchev–Trinajstić information content (AvgIpc) is 2.37. The molecule has 0 aromatic carbocycles. The zero-order chi connectivity index (χ0) is 14.6. The molecule has 0 bridgehead atoms. The van der Waals surface area contributed by atoms with Gasteiger partial charge in [0.1, 0.15) is 0 Å². The Morgan fingerprint density at radius 2 is 1.90 bits per heavy atom. The maximum Gasteiger partial charge on any atom is 0.241 e. The molecule has 6 nitrogen and oxygen atoms in total. The van der Waals surface area contributed by atoms with E-state index in [1.54, 1.807) is 14.1 Å². The van der Waals surface area contributed by atoms with E-state index in [0.717, 1.165) is 25.7 Å². The van der Waals surface area contributed by atoms with Crippen LogP contribution in [0.25, 0.3) is 0 Å². The molecular formula is C12H26ClN3O3S. The fourth-order valence-electron chi connectivity index (χ4n) is 2.45. The molecule has 3 N–H and O–H groups in total. The molecule has 0 radical (unpaired) electrons. The number of rotatable bonds is 5. The second-order valence-corrected chi connectivity index (χ2v) is 7.46. The molecule has 20 heavy (non-hydrogen) atoms. The second-order valence-electron chi connectivity index (χ2n) is 5.42. The van der Waals surface area contributed by atoms with E-state index in [1.807, 2.05) is 0 Å². The molecule has 1 fully saturated rings. The standard InChI is InChI=1S/C12H25N3O3S.ClH/c1-9(12(16)15(2)3)19(17,18)14-11-7-5-4-6-10(11)8-13;/h9-11,14H,4-8,13H2,1-3H3;1H. The molecule has 3 atom stereocenters. The molecule has 0 aliphatic heterocycles. The van der Waals surface area contributed by atoms with Gasteiger partial charge in [0, 0.05) is 20.1 Å². The molecule has 1 rings (SSSR count). The number of hydrogen-bond donors (Lipinski definition) is 2. The van der Waals surface area contributed by atoms with Gasteiger partial charge in [-0.05, 0) is 32.2 Å². The van der Waals surface area contributed by atoms with Crippen molar-refractivity contribution in [3.8, 4) is 0 Å². The lowest BCUT2D eigenvalue weighted by atomic mass is 9.85. The molecule has 0 aromatic rings. The van der Waals surface area contributed by atoms with Crippen molar-refractivity contribution in [1.82, 2.24) is 9.62 Å². The summed E-state index contributed by atoms with van der Waals surface area (Å²) in [7, 11) is -0.537. The number of nitrogens with zero attached hydrogens (tertiary/aromatic N) is 1. The lowest BCUT2D eigenvalue weighted by Gasteiger charge is -2.32. The summed E-state index contributed by atoms with van der Waals surface area (Å²) in [5.74, 6) is -0.238. The number of hydrogen-bond acceptors (Lipinski definition) is 4. The minimum Gasteiger partial charge on any atom is -0.348 e. The van der Waals surface area contributed by atoms with Crippen LogP contribution in [-0.2, 0) is 14.8 Å². The molecule has 3 unspecified atom stereocenters. The van der Waals surface area contributed by atoms with Crippen molar-refractivity contribution >= 4 is 28.3 Å². The van der Waals surface area contributed by atoms with Gasteiger partial charge in [0.05, 0.1) is 0 Å². The molecular weight excluding hydrogens is 302 g/mol. The highest BCUT2D eigenvalue weighted by molar-refractivity contribution is 7.90. The van der Waals surface area contributed by atoms with Crippen molar-refractivity contribution in [3.63, 3.8) is 0 Å². The molecule has 0 spiro atoms. The monoisotopic (exact) mass is 327 g/mol. The molecule has 1 saturated carbocycles. The Morgan fingerprint density at radius 1 is 1.35 bits per heavy atom. The van der Waals surface area contributed by atoms with Crippen molar-refractivity contribution in [1.29, 1.82) is 0 Å². The van der Waals surface area contributed by atoms with Crippen LogP contribution in [-0.4, -0.2) is 51.2 Å². The predicted molar refractivity (Wildman–Crippen MR) is 82.3 cm³/mol. The quantitative estimate of drug-likeness (QED) is 0.760. The summed E-state index contributed by atoms with van der Waals surface area (Å²) in [5, 5.41) is -1.07. The van der Waals surface area contributed by atoms with Gasteiger partial charge in [-0.3, -0.25) is 4.79 Å². The Morgan fingerprint density at radius 3 is 2.40 bits per heavy atom. The van der Waals surface area contributed by atoms with Crippen molar-refractivity contribution in [2.75, 3.05) is 20.6 Å². The Bertz CT molecular complexity index is 414. The summed E-state index contributed by atoms with van der Waals surface area (Å²) in [6.45, 7) is 1.90. The lowest BCUT2D eigenvalue weighted by Crippen LogP contribution is -2.50. The van der Waals surface area contributed by atoms with Crippen LogP contribution in [0.5, 0.6) is 0 Å². The van der Waals surface area contributed by atoms with Gasteiger partial charge in [-0.25, -0.2) is 13.1 Å². The Balaban J connectivity index is 0.00000361. The number of carbonyl (C=O) groups excluding carboxylic acids is 1. The molecule has 120 valence electrons. The number of carbonyl (C=O) groups is 1. The lowest BCUT2D eigenvalue weighted by molar-refractivity contribution is -0.127. The SMILES string of the molecule is CC(C(=O)N(C)C)S(=O)(=O)NC1CCCCC1CN.Cl. The number of nitrogens with two attached hydrogens (primary N) is 1. The number of halogens is 1. The summed E-state index contributed by atoms with van der Waals surface area (Å²) in [4.78, 5) is 13.1. The zero-order valence-electron chi connectivity index (χ0n) is 12.3. The fourth-order valence-corrected chi connectivity index (χ4v) is 3.87. The Hall–Kier alpha value is -0.370. The molecule has 1 aliphatic rings. The molecule has 1 amide bonds. The van der Waals surface area contributed by atoms with E-state index in [0.29, 0.717) is 6.54 Å². The van der Waals surface area contributed by atoms with Crippen molar-refractivity contribution in [2.24, 2.45) is 11.7 Å². The van der Waals surface area contributed by atoms with Gasteiger partial charge in [-0.1, -0.05) is 12.8 Å². The Kier molecular flexibility index (Phi) is 8.01. The van der Waals surface area contributed by atoms with Crippen LogP contribution in [0.1, 0.15) is 32.6 Å². The van der Waals surface area contributed by atoms with E-state index in [9.17, 15) is 13.2 Å². The average molecular weight is 328 g/mol. The van der Waals surface area contributed by atoms with E-state index in [4.69, 9.17) is 5.73 Å². The maximum atomic E-state index is 12.2. The van der Waals surface area contributed by atoms with Gasteiger partial charge >= 0.3 is 0 Å². The highest BCUT2D eigenvalue weighted by Crippen LogP contribution is 2.24. The number of amides is 1. The largest absolute Gasteiger partial charge is 0.348 e. The zero-order valence-corrected chi connectivity index (χ0v) is 14.0. The normalized spacial score (nSPS) is 24.6. The highest BCUT2D eigenvalue weighted by atomic mass is 35.5. The van der Waals surface area contributed by atoms with E-state index < -0.39 is 21.2 Å². The van der Waals surface area contributed by atoms with E-state index in [1.165, 1.54) is 11.8 Å². The predicted octanol–water partition coefficient (Wildman–Crippen LogP) is 0.322. The van der Waals surface area contributed by atoms with Gasteiger partial charge < -0.3 is 10.6 Å². The first-order valence-electron chi connectivity index (χ1n) is 6.72. The van der Waals surface area contributed by atoms with E-state index >= 15 is 0 Å².